The Balaban J connectivity index is 2.23. The van der Waals surface area contributed by atoms with Crippen molar-refractivity contribution in [2.24, 2.45) is 11.8 Å². The van der Waals surface area contributed by atoms with Crippen LogP contribution in [0.25, 0.3) is 0 Å². The van der Waals surface area contributed by atoms with Gasteiger partial charge in [0.25, 0.3) is 0 Å². The van der Waals surface area contributed by atoms with E-state index in [9.17, 15) is 9.59 Å². The maximum Gasteiger partial charge on any atom is 0.237 e. The molecule has 2 unspecified atom stereocenters. The number of benzene rings is 1. The van der Waals surface area contributed by atoms with Crippen LogP contribution in [0.15, 0.2) is 24.3 Å². The molecule has 0 aromatic heterocycles. The van der Waals surface area contributed by atoms with Gasteiger partial charge in [-0.2, -0.15) is 0 Å². The standard InChI is InChI=1S/C16H22N2O2/c1-10(2)17-9-13-6-5-7-14(8-13)18-15(19)11(3)12(4)16(18)20/h5-8,10-12,17H,9H2,1-4H3. The smallest absolute Gasteiger partial charge is 0.237 e. The zero-order chi connectivity index (χ0) is 14.9. The lowest BCUT2D eigenvalue weighted by molar-refractivity contribution is -0.122. The van der Waals surface area contributed by atoms with E-state index in [0.29, 0.717) is 11.7 Å². The van der Waals surface area contributed by atoms with Gasteiger partial charge >= 0.3 is 0 Å². The Bertz CT molecular complexity index is 505. The molecule has 4 nitrogen and oxygen atoms in total. The van der Waals surface area contributed by atoms with Crippen LogP contribution in [0.2, 0.25) is 0 Å². The van der Waals surface area contributed by atoms with Gasteiger partial charge in [0.2, 0.25) is 11.8 Å². The molecule has 1 fully saturated rings. The van der Waals surface area contributed by atoms with Gasteiger partial charge in [-0.3, -0.25) is 14.5 Å². The first kappa shape index (κ1) is 14.7. The lowest BCUT2D eigenvalue weighted by Gasteiger charge is -2.16. The molecule has 1 heterocycles. The molecule has 2 rings (SSSR count). The summed E-state index contributed by atoms with van der Waals surface area (Å²) in [5.74, 6) is -0.673. The molecule has 1 aromatic carbocycles. The zero-order valence-corrected chi connectivity index (χ0v) is 12.5. The molecule has 1 aliphatic heterocycles. The molecule has 0 aliphatic carbocycles. The summed E-state index contributed by atoms with van der Waals surface area (Å²) in [6.45, 7) is 8.53. The van der Waals surface area contributed by atoms with Crippen molar-refractivity contribution in [3.05, 3.63) is 29.8 Å². The van der Waals surface area contributed by atoms with E-state index in [1.807, 2.05) is 38.1 Å². The lowest BCUT2D eigenvalue weighted by Crippen LogP contribution is -2.30. The molecule has 0 saturated carbocycles. The topological polar surface area (TPSA) is 49.4 Å². The first-order valence-corrected chi connectivity index (χ1v) is 7.12. The summed E-state index contributed by atoms with van der Waals surface area (Å²) < 4.78 is 0. The van der Waals surface area contributed by atoms with Gasteiger partial charge in [-0.25, -0.2) is 0 Å². The van der Waals surface area contributed by atoms with Crippen molar-refractivity contribution in [1.82, 2.24) is 5.32 Å². The summed E-state index contributed by atoms with van der Waals surface area (Å²) in [7, 11) is 0. The third kappa shape index (κ3) is 2.75. The van der Waals surface area contributed by atoms with Crippen molar-refractivity contribution in [3.8, 4) is 0 Å². The van der Waals surface area contributed by atoms with Gasteiger partial charge < -0.3 is 5.32 Å². The molecule has 0 radical (unpaired) electrons. The molecule has 0 spiro atoms. The van der Waals surface area contributed by atoms with Crippen LogP contribution >= 0.6 is 0 Å². The van der Waals surface area contributed by atoms with E-state index >= 15 is 0 Å². The third-order valence-corrected chi connectivity index (χ3v) is 3.85. The van der Waals surface area contributed by atoms with E-state index in [4.69, 9.17) is 0 Å². The summed E-state index contributed by atoms with van der Waals surface area (Å²) in [4.78, 5) is 25.7. The fourth-order valence-corrected chi connectivity index (χ4v) is 2.33. The van der Waals surface area contributed by atoms with Crippen molar-refractivity contribution < 1.29 is 9.59 Å². The third-order valence-electron chi connectivity index (χ3n) is 3.85. The first-order chi connectivity index (χ1) is 9.41. The number of nitrogens with one attached hydrogen (secondary N) is 1. The average Bonchev–Trinajstić information content (AvgIpc) is 2.61. The molecule has 0 bridgehead atoms. The molecular weight excluding hydrogens is 252 g/mol. The van der Waals surface area contributed by atoms with Crippen molar-refractivity contribution >= 4 is 17.5 Å². The summed E-state index contributed by atoms with van der Waals surface area (Å²) in [5, 5.41) is 3.33. The van der Waals surface area contributed by atoms with Crippen LogP contribution in [-0.2, 0) is 16.1 Å². The highest BCUT2D eigenvalue weighted by Gasteiger charge is 2.42. The molecule has 1 aromatic rings. The van der Waals surface area contributed by atoms with E-state index in [0.717, 1.165) is 12.1 Å². The van der Waals surface area contributed by atoms with Crippen LogP contribution < -0.4 is 10.2 Å². The van der Waals surface area contributed by atoms with Gasteiger partial charge in [0.1, 0.15) is 0 Å². The highest BCUT2D eigenvalue weighted by atomic mass is 16.2. The van der Waals surface area contributed by atoms with E-state index in [-0.39, 0.29) is 23.7 Å². The Kier molecular flexibility index (Phi) is 4.23. The number of hydrogen-bond donors (Lipinski definition) is 1. The number of carbonyl (C=O) groups is 2. The number of rotatable bonds is 4. The van der Waals surface area contributed by atoms with Crippen molar-refractivity contribution in [3.63, 3.8) is 0 Å². The van der Waals surface area contributed by atoms with Gasteiger partial charge in [-0.05, 0) is 17.7 Å². The minimum absolute atomic E-state index is 0.100. The van der Waals surface area contributed by atoms with E-state index < -0.39 is 0 Å². The minimum Gasteiger partial charge on any atom is -0.310 e. The van der Waals surface area contributed by atoms with Crippen LogP contribution in [0.1, 0.15) is 33.3 Å². The van der Waals surface area contributed by atoms with Crippen LogP contribution in [0.3, 0.4) is 0 Å². The lowest BCUT2D eigenvalue weighted by atomic mass is 10.00. The van der Waals surface area contributed by atoms with Crippen LogP contribution in [-0.4, -0.2) is 17.9 Å². The molecule has 1 N–H and O–H groups in total. The largest absolute Gasteiger partial charge is 0.310 e. The maximum atomic E-state index is 12.2. The molecule has 4 heteroatoms. The van der Waals surface area contributed by atoms with Crippen LogP contribution in [0, 0.1) is 11.8 Å². The molecule has 2 atom stereocenters. The number of carbonyl (C=O) groups excluding carboxylic acids is 2. The molecule has 1 saturated heterocycles. The Morgan fingerprint density at radius 1 is 1.15 bits per heavy atom. The quantitative estimate of drug-likeness (QED) is 0.857. The fourth-order valence-electron chi connectivity index (χ4n) is 2.33. The second-order valence-electron chi connectivity index (χ2n) is 5.79. The van der Waals surface area contributed by atoms with E-state index in [1.165, 1.54) is 4.90 Å². The van der Waals surface area contributed by atoms with E-state index in [1.54, 1.807) is 0 Å². The van der Waals surface area contributed by atoms with Crippen LogP contribution in [0.4, 0.5) is 5.69 Å². The average molecular weight is 274 g/mol. The first-order valence-electron chi connectivity index (χ1n) is 7.12. The number of nitrogens with zero attached hydrogens (tertiary/aromatic N) is 1. The summed E-state index contributed by atoms with van der Waals surface area (Å²) >= 11 is 0. The van der Waals surface area contributed by atoms with Gasteiger partial charge in [0.05, 0.1) is 5.69 Å². The highest BCUT2D eigenvalue weighted by molar-refractivity contribution is 6.21. The molecule has 108 valence electrons. The predicted octanol–water partition coefficient (Wildman–Crippen LogP) is 2.33. The number of anilines is 1. The van der Waals surface area contributed by atoms with Crippen molar-refractivity contribution in [2.45, 2.75) is 40.3 Å². The zero-order valence-electron chi connectivity index (χ0n) is 12.5. The minimum atomic E-state index is -0.236. The Hall–Kier alpha value is -1.68. The molecule has 2 amide bonds. The Labute approximate surface area is 120 Å². The Morgan fingerprint density at radius 2 is 1.75 bits per heavy atom. The van der Waals surface area contributed by atoms with Crippen molar-refractivity contribution in [1.29, 1.82) is 0 Å². The summed E-state index contributed by atoms with van der Waals surface area (Å²) in [6.07, 6.45) is 0. The van der Waals surface area contributed by atoms with Gasteiger partial charge in [0, 0.05) is 24.4 Å². The molecule has 1 aliphatic rings. The van der Waals surface area contributed by atoms with E-state index in [2.05, 4.69) is 19.2 Å². The normalized spacial score (nSPS) is 22.9. The summed E-state index contributed by atoms with van der Waals surface area (Å²) in [6, 6.07) is 8.02. The molecule has 20 heavy (non-hydrogen) atoms. The van der Waals surface area contributed by atoms with Gasteiger partial charge in [-0.1, -0.05) is 39.8 Å². The number of amides is 2. The predicted molar refractivity (Wildman–Crippen MR) is 79.2 cm³/mol. The van der Waals surface area contributed by atoms with Crippen molar-refractivity contribution in [2.75, 3.05) is 4.90 Å². The Morgan fingerprint density at radius 3 is 2.30 bits per heavy atom. The van der Waals surface area contributed by atoms with Crippen LogP contribution in [0.5, 0.6) is 0 Å². The monoisotopic (exact) mass is 274 g/mol. The second kappa shape index (κ2) is 5.75. The second-order valence-corrected chi connectivity index (χ2v) is 5.79. The number of imide groups is 1. The highest BCUT2D eigenvalue weighted by Crippen LogP contribution is 2.30. The summed E-state index contributed by atoms with van der Waals surface area (Å²) in [5.41, 5.74) is 1.75. The molecular formula is C16H22N2O2. The SMILES string of the molecule is CC(C)NCc1cccc(N2C(=O)C(C)C(C)C2=O)c1. The van der Waals surface area contributed by atoms with Gasteiger partial charge in [0.15, 0.2) is 0 Å². The van der Waals surface area contributed by atoms with Gasteiger partial charge in [-0.15, -0.1) is 0 Å². The number of hydrogen-bond acceptors (Lipinski definition) is 3. The maximum absolute atomic E-state index is 12.2. The fraction of sp³-hybridized carbons (Fsp3) is 0.500.